The molecule has 0 aliphatic rings. The van der Waals surface area contributed by atoms with Crippen LogP contribution in [0.2, 0.25) is 0 Å². The smallest absolute Gasteiger partial charge is 0.164 e. The number of nitrogens with zero attached hydrogens (tertiary/aromatic N) is 4. The van der Waals surface area contributed by atoms with Crippen LogP contribution in [0.5, 0.6) is 0 Å². The molecule has 0 saturated carbocycles. The first-order valence-electron chi connectivity index (χ1n) is 6.63. The van der Waals surface area contributed by atoms with E-state index in [2.05, 4.69) is 55.1 Å². The van der Waals surface area contributed by atoms with Gasteiger partial charge in [0.15, 0.2) is 5.65 Å². The van der Waals surface area contributed by atoms with Gasteiger partial charge in [0.05, 0.1) is 11.9 Å². The number of aromatic nitrogens is 4. The number of hydrogen-bond donors (Lipinski definition) is 2. The van der Waals surface area contributed by atoms with Crippen LogP contribution in [0.15, 0.2) is 36.7 Å². The average Bonchev–Trinajstić information content (AvgIpc) is 2.83. The number of nitrogens with two attached hydrogens (primary N) is 1. The first-order chi connectivity index (χ1) is 10.3. The van der Waals surface area contributed by atoms with E-state index >= 15 is 0 Å². The molecule has 3 N–H and O–H groups in total. The van der Waals surface area contributed by atoms with Gasteiger partial charge in [0, 0.05) is 13.1 Å². The zero-order chi connectivity index (χ0) is 14.7. The average molecular weight is 394 g/mol. The van der Waals surface area contributed by atoms with Gasteiger partial charge in [-0.15, -0.1) is 0 Å². The minimum Gasteiger partial charge on any atom is -0.383 e. The van der Waals surface area contributed by atoms with E-state index in [0.717, 1.165) is 34.4 Å². The number of halogens is 1. The first-order valence-corrected chi connectivity index (χ1v) is 7.70. The molecule has 0 atom stereocenters. The summed E-state index contributed by atoms with van der Waals surface area (Å²) in [5.41, 5.74) is 7.93. The summed E-state index contributed by atoms with van der Waals surface area (Å²) in [5.74, 6) is 0.480. The minimum absolute atomic E-state index is 0.480. The SMILES string of the molecule is Nc1ncnc2c1c(I)nn2CCNCc1ccccc1. The number of fused-ring (bicyclic) bond motifs is 1. The molecule has 6 nitrogen and oxygen atoms in total. The van der Waals surface area contributed by atoms with E-state index in [-0.39, 0.29) is 0 Å². The van der Waals surface area contributed by atoms with Crippen LogP contribution in [0.25, 0.3) is 11.0 Å². The van der Waals surface area contributed by atoms with E-state index in [0.29, 0.717) is 5.82 Å². The van der Waals surface area contributed by atoms with Gasteiger partial charge < -0.3 is 11.1 Å². The van der Waals surface area contributed by atoms with Crippen LogP contribution in [0, 0.1) is 3.70 Å². The molecule has 1 aromatic carbocycles. The highest BCUT2D eigenvalue weighted by Gasteiger charge is 2.12. The lowest BCUT2D eigenvalue weighted by atomic mass is 10.2. The van der Waals surface area contributed by atoms with Gasteiger partial charge in [0.25, 0.3) is 0 Å². The second-order valence-electron chi connectivity index (χ2n) is 4.63. The molecule has 0 radical (unpaired) electrons. The second-order valence-corrected chi connectivity index (χ2v) is 5.66. The number of hydrogen-bond acceptors (Lipinski definition) is 5. The highest BCUT2D eigenvalue weighted by molar-refractivity contribution is 14.1. The molecule has 0 fully saturated rings. The van der Waals surface area contributed by atoms with Crippen molar-refractivity contribution in [2.24, 2.45) is 0 Å². The Morgan fingerprint density at radius 2 is 2.00 bits per heavy atom. The molecular formula is C14H15IN6. The summed E-state index contributed by atoms with van der Waals surface area (Å²) in [6.45, 7) is 2.39. The quantitative estimate of drug-likeness (QED) is 0.510. The summed E-state index contributed by atoms with van der Waals surface area (Å²) in [4.78, 5) is 8.29. The molecule has 0 aliphatic heterocycles. The van der Waals surface area contributed by atoms with Crippen molar-refractivity contribution in [2.45, 2.75) is 13.1 Å². The Morgan fingerprint density at radius 1 is 1.19 bits per heavy atom. The maximum atomic E-state index is 5.88. The topological polar surface area (TPSA) is 81.7 Å². The van der Waals surface area contributed by atoms with Gasteiger partial charge in [-0.1, -0.05) is 30.3 Å². The molecule has 0 amide bonds. The van der Waals surface area contributed by atoms with E-state index in [1.165, 1.54) is 11.9 Å². The molecule has 0 saturated heterocycles. The van der Waals surface area contributed by atoms with E-state index < -0.39 is 0 Å². The van der Waals surface area contributed by atoms with Crippen molar-refractivity contribution >= 4 is 39.4 Å². The second kappa shape index (κ2) is 6.35. The third-order valence-electron chi connectivity index (χ3n) is 3.19. The van der Waals surface area contributed by atoms with Crippen LogP contribution in [0.3, 0.4) is 0 Å². The molecule has 0 aliphatic carbocycles. The zero-order valence-corrected chi connectivity index (χ0v) is 13.5. The summed E-state index contributed by atoms with van der Waals surface area (Å²) >= 11 is 2.16. The molecule has 0 bridgehead atoms. The van der Waals surface area contributed by atoms with Gasteiger partial charge in [-0.05, 0) is 28.2 Å². The predicted molar refractivity (Wildman–Crippen MR) is 90.6 cm³/mol. The third-order valence-corrected chi connectivity index (χ3v) is 3.94. The lowest BCUT2D eigenvalue weighted by Gasteiger charge is -2.05. The fraction of sp³-hybridized carbons (Fsp3) is 0.214. The Labute approximate surface area is 135 Å². The van der Waals surface area contributed by atoms with Crippen molar-refractivity contribution in [2.75, 3.05) is 12.3 Å². The van der Waals surface area contributed by atoms with Crippen LogP contribution in [0.4, 0.5) is 5.82 Å². The van der Waals surface area contributed by atoms with Gasteiger partial charge in [0.1, 0.15) is 15.8 Å². The fourth-order valence-corrected chi connectivity index (χ4v) is 2.93. The largest absolute Gasteiger partial charge is 0.383 e. The molecule has 0 unspecified atom stereocenters. The van der Waals surface area contributed by atoms with Crippen molar-refractivity contribution in [1.29, 1.82) is 0 Å². The third kappa shape index (κ3) is 3.13. The van der Waals surface area contributed by atoms with Gasteiger partial charge in [-0.3, -0.25) is 0 Å². The van der Waals surface area contributed by atoms with E-state index in [4.69, 9.17) is 5.73 Å². The lowest BCUT2D eigenvalue weighted by molar-refractivity contribution is 0.562. The monoisotopic (exact) mass is 394 g/mol. The van der Waals surface area contributed by atoms with Gasteiger partial charge in [0.2, 0.25) is 0 Å². The highest BCUT2D eigenvalue weighted by Crippen LogP contribution is 2.22. The minimum atomic E-state index is 0.480. The Balaban J connectivity index is 1.65. The molecule has 3 aromatic rings. The number of anilines is 1. The summed E-state index contributed by atoms with van der Waals surface area (Å²) in [6.07, 6.45) is 1.48. The van der Waals surface area contributed by atoms with Crippen LogP contribution < -0.4 is 11.1 Å². The van der Waals surface area contributed by atoms with Crippen molar-refractivity contribution in [3.8, 4) is 0 Å². The highest BCUT2D eigenvalue weighted by atomic mass is 127. The normalized spacial score (nSPS) is 11.1. The van der Waals surface area contributed by atoms with Crippen LogP contribution in [0.1, 0.15) is 5.56 Å². The maximum absolute atomic E-state index is 5.88. The lowest BCUT2D eigenvalue weighted by Crippen LogP contribution is -2.20. The Hall–Kier alpha value is -1.74. The summed E-state index contributed by atoms with van der Waals surface area (Å²) in [6, 6.07) is 10.3. The first kappa shape index (κ1) is 14.2. The summed E-state index contributed by atoms with van der Waals surface area (Å²) < 4.78 is 2.71. The van der Waals surface area contributed by atoms with Gasteiger partial charge in [-0.25, -0.2) is 14.6 Å². The molecule has 0 spiro atoms. The van der Waals surface area contributed by atoms with Crippen molar-refractivity contribution < 1.29 is 0 Å². The van der Waals surface area contributed by atoms with Crippen molar-refractivity contribution in [3.05, 3.63) is 45.9 Å². The molecule has 7 heteroatoms. The van der Waals surface area contributed by atoms with Crippen LogP contribution in [-0.4, -0.2) is 26.3 Å². The fourth-order valence-electron chi connectivity index (χ4n) is 2.16. The molecule has 108 valence electrons. The van der Waals surface area contributed by atoms with Crippen molar-refractivity contribution in [1.82, 2.24) is 25.1 Å². The Bertz CT molecular complexity index is 740. The Morgan fingerprint density at radius 3 is 2.81 bits per heavy atom. The summed E-state index contributed by atoms with van der Waals surface area (Å²) in [7, 11) is 0. The molecular weight excluding hydrogens is 379 g/mol. The number of benzene rings is 1. The predicted octanol–water partition coefficient (Wildman–Crippen LogP) is 1.80. The zero-order valence-electron chi connectivity index (χ0n) is 11.3. The van der Waals surface area contributed by atoms with Gasteiger partial charge in [-0.2, -0.15) is 5.10 Å². The molecule has 2 heterocycles. The Kier molecular flexibility index (Phi) is 4.30. The summed E-state index contributed by atoms with van der Waals surface area (Å²) in [5, 5.41) is 8.71. The molecule has 2 aromatic heterocycles. The number of nitrogen functional groups attached to an aromatic ring is 1. The maximum Gasteiger partial charge on any atom is 0.164 e. The van der Waals surface area contributed by atoms with E-state index in [1.54, 1.807) is 0 Å². The van der Waals surface area contributed by atoms with E-state index in [9.17, 15) is 0 Å². The molecule has 3 rings (SSSR count). The number of nitrogens with one attached hydrogen (secondary N) is 1. The van der Waals surface area contributed by atoms with Crippen LogP contribution >= 0.6 is 22.6 Å². The van der Waals surface area contributed by atoms with E-state index in [1.807, 2.05) is 22.9 Å². The van der Waals surface area contributed by atoms with Crippen molar-refractivity contribution in [3.63, 3.8) is 0 Å². The number of rotatable bonds is 5. The van der Waals surface area contributed by atoms with Crippen LogP contribution in [-0.2, 0) is 13.1 Å². The van der Waals surface area contributed by atoms with Gasteiger partial charge >= 0.3 is 0 Å². The standard InChI is InChI=1S/C14H15IN6/c15-12-11-13(16)18-9-19-14(11)21(20-12)7-6-17-8-10-4-2-1-3-5-10/h1-5,9,17H,6-8H2,(H2,16,18,19). The molecule has 21 heavy (non-hydrogen) atoms.